The summed E-state index contributed by atoms with van der Waals surface area (Å²) in [5, 5.41) is 12.9. The molecule has 0 spiro atoms. The summed E-state index contributed by atoms with van der Waals surface area (Å²) in [4.78, 5) is 14.6. The molecule has 1 aromatic carbocycles. The topological polar surface area (TPSA) is 52.6 Å². The van der Waals surface area contributed by atoms with Crippen molar-refractivity contribution in [2.45, 2.75) is 32.7 Å². The van der Waals surface area contributed by atoms with Gasteiger partial charge in [-0.3, -0.25) is 9.69 Å². The number of hydrogen-bond acceptors (Lipinski definition) is 3. The van der Waals surface area contributed by atoms with Crippen molar-refractivity contribution in [2.24, 2.45) is 0 Å². The minimum atomic E-state index is -0.213. The van der Waals surface area contributed by atoms with Gasteiger partial charge in [0.15, 0.2) is 0 Å². The standard InChI is InChI=1S/C15H21BrN2O2/c1-3-18-6-4-5-11(18)9-17-15(20)12-7-10(2)8-13(16)14(12)19/h7-8,11,19H,3-6,9H2,1-2H3,(H,17,20). The second kappa shape index (κ2) is 6.59. The lowest BCUT2D eigenvalue weighted by Gasteiger charge is -2.23. The molecular formula is C15H21BrN2O2. The molecule has 2 rings (SSSR count). The molecule has 1 heterocycles. The van der Waals surface area contributed by atoms with Gasteiger partial charge in [0, 0.05) is 12.6 Å². The second-order valence-corrected chi connectivity index (χ2v) is 6.13. The number of nitrogens with zero attached hydrogens (tertiary/aromatic N) is 1. The molecule has 5 heteroatoms. The number of benzene rings is 1. The highest BCUT2D eigenvalue weighted by atomic mass is 79.9. The van der Waals surface area contributed by atoms with Crippen LogP contribution in [0.25, 0.3) is 0 Å². The molecule has 0 bridgehead atoms. The number of aromatic hydroxyl groups is 1. The molecule has 2 N–H and O–H groups in total. The maximum Gasteiger partial charge on any atom is 0.255 e. The largest absolute Gasteiger partial charge is 0.506 e. The maximum atomic E-state index is 12.2. The Morgan fingerprint density at radius 2 is 2.30 bits per heavy atom. The van der Waals surface area contributed by atoms with Crippen molar-refractivity contribution in [2.75, 3.05) is 19.6 Å². The molecule has 1 atom stereocenters. The van der Waals surface area contributed by atoms with Crippen LogP contribution in [-0.4, -0.2) is 41.6 Å². The fourth-order valence-electron chi connectivity index (χ4n) is 2.76. The van der Waals surface area contributed by atoms with Crippen LogP contribution in [0.3, 0.4) is 0 Å². The van der Waals surface area contributed by atoms with Gasteiger partial charge >= 0.3 is 0 Å². The molecule has 0 aliphatic carbocycles. The summed E-state index contributed by atoms with van der Waals surface area (Å²) in [5.41, 5.74) is 1.27. The number of nitrogens with one attached hydrogen (secondary N) is 1. The van der Waals surface area contributed by atoms with Gasteiger partial charge in [-0.25, -0.2) is 0 Å². The van der Waals surface area contributed by atoms with Crippen LogP contribution in [0.4, 0.5) is 0 Å². The fraction of sp³-hybridized carbons (Fsp3) is 0.533. The normalized spacial score (nSPS) is 19.2. The Morgan fingerprint density at radius 1 is 1.55 bits per heavy atom. The van der Waals surface area contributed by atoms with Crippen LogP contribution >= 0.6 is 15.9 Å². The fourth-order valence-corrected chi connectivity index (χ4v) is 3.33. The third kappa shape index (κ3) is 3.33. The molecule has 0 saturated carbocycles. The molecule has 0 aromatic heterocycles. The van der Waals surface area contributed by atoms with Gasteiger partial charge in [-0.2, -0.15) is 0 Å². The van der Waals surface area contributed by atoms with Gasteiger partial charge in [-0.05, 0) is 66.5 Å². The number of likely N-dealkylation sites (tertiary alicyclic amines) is 1. The van der Waals surface area contributed by atoms with E-state index in [1.54, 1.807) is 12.1 Å². The molecule has 110 valence electrons. The van der Waals surface area contributed by atoms with E-state index in [0.717, 1.165) is 25.1 Å². The highest BCUT2D eigenvalue weighted by Gasteiger charge is 2.24. The van der Waals surface area contributed by atoms with Crippen LogP contribution in [0.15, 0.2) is 16.6 Å². The van der Waals surface area contributed by atoms with E-state index in [4.69, 9.17) is 0 Å². The summed E-state index contributed by atoms with van der Waals surface area (Å²) in [6, 6.07) is 3.92. The molecule has 1 unspecified atom stereocenters. The Balaban J connectivity index is 2.02. The van der Waals surface area contributed by atoms with Gasteiger partial charge in [-0.1, -0.05) is 6.92 Å². The van der Waals surface area contributed by atoms with E-state index in [-0.39, 0.29) is 11.7 Å². The number of halogens is 1. The first-order valence-corrected chi connectivity index (χ1v) is 7.83. The van der Waals surface area contributed by atoms with E-state index in [2.05, 4.69) is 33.1 Å². The number of phenols is 1. The average Bonchev–Trinajstić information content (AvgIpc) is 2.87. The first-order chi connectivity index (χ1) is 9.52. The molecule has 1 aromatic rings. The molecule has 1 amide bonds. The molecule has 1 saturated heterocycles. The number of hydrogen-bond donors (Lipinski definition) is 2. The van der Waals surface area contributed by atoms with Crippen LogP contribution < -0.4 is 5.32 Å². The van der Waals surface area contributed by atoms with Crippen LogP contribution in [0.1, 0.15) is 35.7 Å². The molecule has 20 heavy (non-hydrogen) atoms. The van der Waals surface area contributed by atoms with E-state index < -0.39 is 0 Å². The lowest BCUT2D eigenvalue weighted by atomic mass is 10.1. The van der Waals surface area contributed by atoms with Crippen LogP contribution in [0, 0.1) is 6.92 Å². The van der Waals surface area contributed by atoms with Gasteiger partial charge in [-0.15, -0.1) is 0 Å². The smallest absolute Gasteiger partial charge is 0.255 e. The first kappa shape index (κ1) is 15.3. The van der Waals surface area contributed by atoms with Crippen molar-refractivity contribution in [1.82, 2.24) is 10.2 Å². The van der Waals surface area contributed by atoms with Crippen molar-refractivity contribution in [3.8, 4) is 5.75 Å². The molecule has 4 nitrogen and oxygen atoms in total. The number of carbonyl (C=O) groups is 1. The van der Waals surface area contributed by atoms with Crippen LogP contribution in [-0.2, 0) is 0 Å². The zero-order valence-electron chi connectivity index (χ0n) is 11.9. The highest BCUT2D eigenvalue weighted by Crippen LogP contribution is 2.29. The summed E-state index contributed by atoms with van der Waals surface area (Å²) in [6.07, 6.45) is 2.31. The minimum absolute atomic E-state index is 0.00636. The van der Waals surface area contributed by atoms with E-state index in [0.29, 0.717) is 22.6 Å². The minimum Gasteiger partial charge on any atom is -0.506 e. The molecule has 1 fully saturated rings. The van der Waals surface area contributed by atoms with Gasteiger partial charge in [0.2, 0.25) is 0 Å². The predicted octanol–water partition coefficient (Wildman–Crippen LogP) is 2.68. The molecule has 1 aliphatic heterocycles. The van der Waals surface area contributed by atoms with E-state index in [9.17, 15) is 9.90 Å². The summed E-state index contributed by atoms with van der Waals surface area (Å²) >= 11 is 3.27. The van der Waals surface area contributed by atoms with Crippen molar-refractivity contribution >= 4 is 21.8 Å². The van der Waals surface area contributed by atoms with Crippen molar-refractivity contribution < 1.29 is 9.90 Å². The monoisotopic (exact) mass is 340 g/mol. The Hall–Kier alpha value is -1.07. The van der Waals surface area contributed by atoms with Gasteiger partial charge in [0.1, 0.15) is 5.75 Å². The number of likely N-dealkylation sites (N-methyl/N-ethyl adjacent to an activating group) is 1. The SMILES string of the molecule is CCN1CCCC1CNC(=O)c1cc(C)cc(Br)c1O. The first-order valence-electron chi connectivity index (χ1n) is 7.04. The Kier molecular flexibility index (Phi) is 5.05. The van der Waals surface area contributed by atoms with Crippen molar-refractivity contribution in [3.05, 3.63) is 27.7 Å². The lowest BCUT2D eigenvalue weighted by Crippen LogP contribution is -2.40. The Morgan fingerprint density at radius 3 is 3.00 bits per heavy atom. The van der Waals surface area contributed by atoms with Crippen LogP contribution in [0.2, 0.25) is 0 Å². The van der Waals surface area contributed by atoms with Crippen molar-refractivity contribution in [1.29, 1.82) is 0 Å². The second-order valence-electron chi connectivity index (χ2n) is 5.28. The number of aryl methyl sites for hydroxylation is 1. The average molecular weight is 341 g/mol. The zero-order chi connectivity index (χ0) is 14.7. The molecule has 0 radical (unpaired) electrons. The summed E-state index contributed by atoms with van der Waals surface area (Å²) < 4.78 is 0.554. The number of carbonyl (C=O) groups excluding carboxylic acids is 1. The van der Waals surface area contributed by atoms with E-state index in [1.165, 1.54) is 6.42 Å². The summed E-state index contributed by atoms with van der Waals surface area (Å²) in [5.74, 6) is -0.207. The lowest BCUT2D eigenvalue weighted by molar-refractivity contribution is 0.0938. The quantitative estimate of drug-likeness (QED) is 0.885. The summed E-state index contributed by atoms with van der Waals surface area (Å²) in [6.45, 7) is 6.80. The third-order valence-electron chi connectivity index (χ3n) is 3.86. The molecule has 1 aliphatic rings. The van der Waals surface area contributed by atoms with Crippen LogP contribution in [0.5, 0.6) is 5.75 Å². The summed E-state index contributed by atoms with van der Waals surface area (Å²) in [7, 11) is 0. The number of phenolic OH excluding ortho intramolecular Hbond substituents is 1. The molecular weight excluding hydrogens is 320 g/mol. The number of rotatable bonds is 4. The highest BCUT2D eigenvalue weighted by molar-refractivity contribution is 9.10. The van der Waals surface area contributed by atoms with Gasteiger partial charge < -0.3 is 10.4 Å². The van der Waals surface area contributed by atoms with Gasteiger partial charge in [0.25, 0.3) is 5.91 Å². The maximum absolute atomic E-state index is 12.2. The third-order valence-corrected chi connectivity index (χ3v) is 4.46. The number of amides is 1. The van der Waals surface area contributed by atoms with E-state index in [1.807, 2.05) is 6.92 Å². The Bertz CT molecular complexity index is 505. The predicted molar refractivity (Wildman–Crippen MR) is 83.1 cm³/mol. The van der Waals surface area contributed by atoms with Crippen molar-refractivity contribution in [3.63, 3.8) is 0 Å². The zero-order valence-corrected chi connectivity index (χ0v) is 13.5. The van der Waals surface area contributed by atoms with E-state index >= 15 is 0 Å². The Labute approximate surface area is 128 Å². The van der Waals surface area contributed by atoms with Gasteiger partial charge in [0.05, 0.1) is 10.0 Å².